The molecule has 2 aromatic heterocycles. The largest absolute Gasteiger partial charge is 0.350 e. The topological polar surface area (TPSA) is 64.0 Å². The lowest BCUT2D eigenvalue weighted by molar-refractivity contribution is -0.120. The molecule has 0 saturated carbocycles. The van der Waals surface area contributed by atoms with Crippen LogP contribution in [0.15, 0.2) is 51.7 Å². The third-order valence-electron chi connectivity index (χ3n) is 3.61. The van der Waals surface area contributed by atoms with Crippen LogP contribution in [0, 0.1) is 0 Å². The first-order valence-electron chi connectivity index (χ1n) is 7.49. The zero-order chi connectivity index (χ0) is 17.1. The van der Waals surface area contributed by atoms with Gasteiger partial charge in [0.1, 0.15) is 0 Å². The monoisotopic (exact) mass is 359 g/mol. The molecule has 0 aliphatic rings. The van der Waals surface area contributed by atoms with Crippen molar-refractivity contribution in [3.05, 3.63) is 57.0 Å². The molecule has 1 atom stereocenters. The lowest BCUT2D eigenvalue weighted by atomic mass is 10.2. The van der Waals surface area contributed by atoms with E-state index in [0.29, 0.717) is 22.6 Å². The van der Waals surface area contributed by atoms with Gasteiger partial charge in [0, 0.05) is 11.9 Å². The van der Waals surface area contributed by atoms with Crippen molar-refractivity contribution < 1.29 is 4.79 Å². The summed E-state index contributed by atoms with van der Waals surface area (Å²) in [7, 11) is 1.68. The standard InChI is InChI=1S/C17H17N3O2S2/c1-11(15(21)18-10-12-6-5-9-23-12)24-17-19-14-8-4-3-7-13(14)16(22)20(17)2/h3-9,11H,10H2,1-2H3,(H,18,21)/t11-/m1/s1. The number of amides is 1. The lowest BCUT2D eigenvalue weighted by Gasteiger charge is -2.13. The van der Waals surface area contributed by atoms with Crippen LogP contribution in [0.3, 0.4) is 0 Å². The number of nitrogens with one attached hydrogen (secondary N) is 1. The van der Waals surface area contributed by atoms with E-state index in [9.17, 15) is 9.59 Å². The molecule has 0 spiro atoms. The number of benzene rings is 1. The number of nitrogens with zero attached hydrogens (tertiary/aromatic N) is 2. The number of aromatic nitrogens is 2. The molecule has 0 unspecified atom stereocenters. The Balaban J connectivity index is 1.75. The Morgan fingerprint density at radius 2 is 2.12 bits per heavy atom. The van der Waals surface area contributed by atoms with Gasteiger partial charge in [-0.3, -0.25) is 14.2 Å². The molecule has 1 aromatic carbocycles. The Bertz CT molecular complexity index is 919. The van der Waals surface area contributed by atoms with Gasteiger partial charge in [-0.1, -0.05) is 30.0 Å². The quantitative estimate of drug-likeness (QED) is 0.562. The van der Waals surface area contributed by atoms with Crippen molar-refractivity contribution in [1.29, 1.82) is 0 Å². The molecule has 3 rings (SSSR count). The number of para-hydroxylation sites is 1. The summed E-state index contributed by atoms with van der Waals surface area (Å²) in [6.07, 6.45) is 0. The first-order valence-corrected chi connectivity index (χ1v) is 9.24. The van der Waals surface area contributed by atoms with Crippen LogP contribution in [0.4, 0.5) is 0 Å². The molecule has 0 aliphatic carbocycles. The zero-order valence-electron chi connectivity index (χ0n) is 13.4. The Hall–Kier alpha value is -2.12. The van der Waals surface area contributed by atoms with Gasteiger partial charge in [0.2, 0.25) is 5.91 Å². The van der Waals surface area contributed by atoms with E-state index in [2.05, 4.69) is 10.3 Å². The maximum Gasteiger partial charge on any atom is 0.261 e. The van der Waals surface area contributed by atoms with Gasteiger partial charge in [0.15, 0.2) is 5.16 Å². The van der Waals surface area contributed by atoms with E-state index in [-0.39, 0.29) is 16.7 Å². The van der Waals surface area contributed by atoms with Crippen molar-refractivity contribution in [2.24, 2.45) is 7.05 Å². The summed E-state index contributed by atoms with van der Waals surface area (Å²) in [5.41, 5.74) is 0.545. The fraction of sp³-hybridized carbons (Fsp3) is 0.235. The van der Waals surface area contributed by atoms with Crippen LogP contribution < -0.4 is 10.9 Å². The van der Waals surface area contributed by atoms with Crippen molar-refractivity contribution in [2.75, 3.05) is 0 Å². The van der Waals surface area contributed by atoms with E-state index < -0.39 is 0 Å². The highest BCUT2D eigenvalue weighted by Gasteiger charge is 2.18. The summed E-state index contributed by atoms with van der Waals surface area (Å²) in [5.74, 6) is -0.0733. The smallest absolute Gasteiger partial charge is 0.261 e. The minimum atomic E-state index is -0.343. The third kappa shape index (κ3) is 3.52. The molecular formula is C17H17N3O2S2. The zero-order valence-corrected chi connectivity index (χ0v) is 15.0. The van der Waals surface area contributed by atoms with Gasteiger partial charge in [0.05, 0.1) is 22.7 Å². The fourth-order valence-corrected chi connectivity index (χ4v) is 3.79. The van der Waals surface area contributed by atoms with Gasteiger partial charge in [0.25, 0.3) is 5.56 Å². The van der Waals surface area contributed by atoms with Gasteiger partial charge >= 0.3 is 0 Å². The highest BCUT2D eigenvalue weighted by atomic mass is 32.2. The molecule has 24 heavy (non-hydrogen) atoms. The molecule has 1 amide bonds. The van der Waals surface area contributed by atoms with E-state index in [4.69, 9.17) is 0 Å². The predicted octanol–water partition coefficient (Wildman–Crippen LogP) is 2.79. The van der Waals surface area contributed by atoms with Crippen LogP contribution in [-0.2, 0) is 18.4 Å². The van der Waals surface area contributed by atoms with Crippen molar-refractivity contribution in [2.45, 2.75) is 23.9 Å². The van der Waals surface area contributed by atoms with Crippen LogP contribution in [0.25, 0.3) is 10.9 Å². The Morgan fingerprint density at radius 3 is 2.88 bits per heavy atom. The molecule has 0 saturated heterocycles. The average Bonchev–Trinajstić information content (AvgIpc) is 3.10. The minimum Gasteiger partial charge on any atom is -0.350 e. The molecule has 1 N–H and O–H groups in total. The summed E-state index contributed by atoms with van der Waals surface area (Å²) in [6, 6.07) is 11.2. The maximum atomic E-state index is 12.4. The van der Waals surface area contributed by atoms with Crippen molar-refractivity contribution in [1.82, 2.24) is 14.9 Å². The van der Waals surface area contributed by atoms with Crippen LogP contribution in [-0.4, -0.2) is 20.7 Å². The van der Waals surface area contributed by atoms with Gasteiger partial charge in [-0.15, -0.1) is 11.3 Å². The van der Waals surface area contributed by atoms with Gasteiger partial charge in [-0.05, 0) is 30.5 Å². The summed E-state index contributed by atoms with van der Waals surface area (Å²) >= 11 is 2.89. The molecule has 2 heterocycles. The molecule has 0 bridgehead atoms. The van der Waals surface area contributed by atoms with E-state index in [1.807, 2.05) is 42.6 Å². The number of hydrogen-bond acceptors (Lipinski definition) is 5. The summed E-state index contributed by atoms with van der Waals surface area (Å²) in [4.78, 5) is 30.3. The number of thioether (sulfide) groups is 1. The first-order chi connectivity index (χ1) is 11.6. The average molecular weight is 359 g/mol. The summed E-state index contributed by atoms with van der Waals surface area (Å²) in [5, 5.41) is 5.67. The summed E-state index contributed by atoms with van der Waals surface area (Å²) < 4.78 is 1.50. The van der Waals surface area contributed by atoms with Crippen LogP contribution in [0.2, 0.25) is 0 Å². The molecular weight excluding hydrogens is 342 g/mol. The lowest BCUT2D eigenvalue weighted by Crippen LogP contribution is -2.31. The molecule has 0 radical (unpaired) electrons. The molecule has 0 aliphatic heterocycles. The van der Waals surface area contributed by atoms with Crippen LogP contribution in [0.1, 0.15) is 11.8 Å². The fourth-order valence-electron chi connectivity index (χ4n) is 2.25. The summed E-state index contributed by atoms with van der Waals surface area (Å²) in [6.45, 7) is 2.33. The number of carbonyl (C=O) groups excluding carboxylic acids is 1. The van der Waals surface area contributed by atoms with Crippen molar-refractivity contribution >= 4 is 39.9 Å². The number of carbonyl (C=O) groups is 1. The van der Waals surface area contributed by atoms with E-state index in [1.165, 1.54) is 16.3 Å². The van der Waals surface area contributed by atoms with Gasteiger partial charge < -0.3 is 5.32 Å². The molecule has 5 nitrogen and oxygen atoms in total. The van der Waals surface area contributed by atoms with E-state index in [0.717, 1.165) is 4.88 Å². The van der Waals surface area contributed by atoms with Gasteiger partial charge in [-0.2, -0.15) is 0 Å². The first kappa shape index (κ1) is 16.7. The van der Waals surface area contributed by atoms with Crippen molar-refractivity contribution in [3.63, 3.8) is 0 Å². The third-order valence-corrected chi connectivity index (χ3v) is 5.63. The van der Waals surface area contributed by atoms with E-state index >= 15 is 0 Å². The number of rotatable bonds is 5. The predicted molar refractivity (Wildman–Crippen MR) is 98.5 cm³/mol. The number of hydrogen-bond donors (Lipinski definition) is 1. The second-order valence-electron chi connectivity index (χ2n) is 5.33. The van der Waals surface area contributed by atoms with Gasteiger partial charge in [-0.25, -0.2) is 4.98 Å². The maximum absolute atomic E-state index is 12.4. The SMILES string of the molecule is C[C@@H](Sc1nc2ccccc2c(=O)n1C)C(=O)NCc1cccs1. The Morgan fingerprint density at radius 1 is 1.33 bits per heavy atom. The minimum absolute atomic E-state index is 0.0733. The van der Waals surface area contributed by atoms with Crippen LogP contribution >= 0.6 is 23.1 Å². The highest BCUT2D eigenvalue weighted by molar-refractivity contribution is 8.00. The Kier molecular flexibility index (Phi) is 5.01. The molecule has 3 aromatic rings. The normalized spacial score (nSPS) is 12.2. The number of fused-ring (bicyclic) bond motifs is 1. The molecule has 0 fully saturated rings. The molecule has 124 valence electrons. The van der Waals surface area contributed by atoms with Crippen LogP contribution in [0.5, 0.6) is 0 Å². The van der Waals surface area contributed by atoms with E-state index in [1.54, 1.807) is 24.5 Å². The second-order valence-corrected chi connectivity index (χ2v) is 7.67. The second kappa shape index (κ2) is 7.19. The number of thiophene rings is 1. The Labute approximate surface area is 147 Å². The highest BCUT2D eigenvalue weighted by Crippen LogP contribution is 2.22. The van der Waals surface area contributed by atoms with Crippen molar-refractivity contribution in [3.8, 4) is 0 Å². The molecule has 7 heteroatoms.